The second-order valence-corrected chi connectivity index (χ2v) is 3.77. The van der Waals surface area contributed by atoms with Crippen LogP contribution in [0.4, 0.5) is 0 Å². The summed E-state index contributed by atoms with van der Waals surface area (Å²) in [6.45, 7) is 1.59. The van der Waals surface area contributed by atoms with E-state index in [0.717, 1.165) is 0 Å². The van der Waals surface area contributed by atoms with E-state index in [1.54, 1.807) is 6.92 Å². The number of carbonyl (C=O) groups is 2. The van der Waals surface area contributed by atoms with Crippen molar-refractivity contribution in [1.29, 1.82) is 0 Å². The van der Waals surface area contributed by atoms with Gasteiger partial charge in [-0.1, -0.05) is 6.92 Å². The van der Waals surface area contributed by atoms with E-state index < -0.39 is 17.4 Å². The Morgan fingerprint density at radius 2 is 1.77 bits per heavy atom. The fourth-order valence-electron chi connectivity index (χ4n) is 1.06. The Morgan fingerprint density at radius 3 is 2.00 bits per heavy atom. The summed E-state index contributed by atoms with van der Waals surface area (Å²) in [6.07, 6.45) is 2.12. The zero-order valence-corrected chi connectivity index (χ0v) is 8.56. The van der Waals surface area contributed by atoms with Crippen LogP contribution < -0.4 is 0 Å². The predicted molar refractivity (Wildman–Crippen MR) is 51.0 cm³/mol. The summed E-state index contributed by atoms with van der Waals surface area (Å²) in [5.41, 5.74) is -1.59. The minimum absolute atomic E-state index is 0.123. The summed E-state index contributed by atoms with van der Waals surface area (Å²) < 4.78 is 0. The second kappa shape index (κ2) is 5.11. The Labute approximate surface area is 81.3 Å². The van der Waals surface area contributed by atoms with Gasteiger partial charge in [0, 0.05) is 0 Å². The number of carboxylic acids is 2. The number of aliphatic carboxylic acids is 2. The Hall–Kier alpha value is -0.710. The molecule has 0 saturated heterocycles. The predicted octanol–water partition coefficient (Wildman–Crippen LogP) is 1.31. The molecule has 0 aliphatic carbocycles. The van der Waals surface area contributed by atoms with E-state index in [0.29, 0.717) is 5.75 Å². The maximum atomic E-state index is 10.8. The smallest absolute Gasteiger partial charge is 0.321 e. The molecule has 0 amide bonds. The van der Waals surface area contributed by atoms with Gasteiger partial charge in [0.2, 0.25) is 0 Å². The molecule has 0 aliphatic rings. The van der Waals surface area contributed by atoms with Crippen LogP contribution in [0.3, 0.4) is 0 Å². The first-order chi connectivity index (χ1) is 6.01. The molecule has 0 unspecified atom stereocenters. The van der Waals surface area contributed by atoms with Crippen LogP contribution in [0.5, 0.6) is 0 Å². The lowest BCUT2D eigenvalue weighted by Crippen LogP contribution is -2.39. The highest BCUT2D eigenvalue weighted by Gasteiger charge is 2.44. The molecule has 13 heavy (non-hydrogen) atoms. The summed E-state index contributed by atoms with van der Waals surface area (Å²) in [5.74, 6) is -1.93. The number of thioether (sulfide) groups is 1. The number of rotatable bonds is 6. The fraction of sp³-hybridized carbons (Fsp3) is 0.750. The third-order valence-corrected chi connectivity index (χ3v) is 2.77. The average Bonchev–Trinajstić information content (AvgIpc) is 2.05. The van der Waals surface area contributed by atoms with Gasteiger partial charge in [-0.3, -0.25) is 9.59 Å². The van der Waals surface area contributed by atoms with Gasteiger partial charge >= 0.3 is 11.9 Å². The van der Waals surface area contributed by atoms with Crippen molar-refractivity contribution in [1.82, 2.24) is 0 Å². The van der Waals surface area contributed by atoms with Crippen LogP contribution in [-0.2, 0) is 9.59 Å². The van der Waals surface area contributed by atoms with E-state index in [-0.39, 0.29) is 12.8 Å². The molecule has 0 heterocycles. The lowest BCUT2D eigenvalue weighted by molar-refractivity contribution is -0.165. The van der Waals surface area contributed by atoms with Crippen molar-refractivity contribution in [3.8, 4) is 0 Å². The number of hydrogen-bond acceptors (Lipinski definition) is 3. The summed E-state index contributed by atoms with van der Waals surface area (Å²) in [6, 6.07) is 0. The van der Waals surface area contributed by atoms with E-state index in [1.807, 2.05) is 6.26 Å². The molecule has 0 aliphatic heterocycles. The molecule has 76 valence electrons. The van der Waals surface area contributed by atoms with Gasteiger partial charge in [0.15, 0.2) is 5.41 Å². The molecular weight excluding hydrogens is 192 g/mol. The standard InChI is InChI=1S/C8H14O4S/c1-3-8(6(9)10,7(11)12)4-5-13-2/h3-5H2,1-2H3,(H,9,10)(H,11,12). The largest absolute Gasteiger partial charge is 0.480 e. The Bertz CT molecular complexity index is 188. The molecule has 0 fully saturated rings. The molecule has 0 aromatic heterocycles. The van der Waals surface area contributed by atoms with Crippen LogP contribution in [0.1, 0.15) is 19.8 Å². The molecule has 0 rings (SSSR count). The van der Waals surface area contributed by atoms with Gasteiger partial charge in [0.25, 0.3) is 0 Å². The zero-order chi connectivity index (χ0) is 10.5. The van der Waals surface area contributed by atoms with Gasteiger partial charge in [0.05, 0.1) is 0 Å². The molecule has 0 spiro atoms. The fourth-order valence-corrected chi connectivity index (χ4v) is 1.61. The van der Waals surface area contributed by atoms with E-state index in [2.05, 4.69) is 0 Å². The van der Waals surface area contributed by atoms with Crippen molar-refractivity contribution in [2.75, 3.05) is 12.0 Å². The maximum absolute atomic E-state index is 10.8. The van der Waals surface area contributed by atoms with Crippen molar-refractivity contribution in [2.45, 2.75) is 19.8 Å². The highest BCUT2D eigenvalue weighted by molar-refractivity contribution is 7.98. The lowest BCUT2D eigenvalue weighted by Gasteiger charge is -2.22. The number of carboxylic acid groups (broad SMARTS) is 2. The third kappa shape index (κ3) is 2.62. The molecule has 5 heteroatoms. The molecule has 0 radical (unpaired) electrons. The monoisotopic (exact) mass is 206 g/mol. The summed E-state index contributed by atoms with van der Waals surface area (Å²) in [7, 11) is 0. The summed E-state index contributed by atoms with van der Waals surface area (Å²) in [4.78, 5) is 21.6. The third-order valence-electron chi connectivity index (χ3n) is 2.16. The first-order valence-corrected chi connectivity index (χ1v) is 5.36. The minimum Gasteiger partial charge on any atom is -0.480 e. The SMILES string of the molecule is CCC(CCSC)(C(=O)O)C(=O)O. The van der Waals surface area contributed by atoms with Gasteiger partial charge in [-0.05, 0) is 24.9 Å². The van der Waals surface area contributed by atoms with Crippen LogP contribution in [0.2, 0.25) is 0 Å². The number of hydrogen-bond donors (Lipinski definition) is 2. The van der Waals surface area contributed by atoms with Crippen molar-refractivity contribution >= 4 is 23.7 Å². The molecule has 0 aromatic rings. The van der Waals surface area contributed by atoms with E-state index in [4.69, 9.17) is 10.2 Å². The van der Waals surface area contributed by atoms with E-state index in [9.17, 15) is 9.59 Å². The molecule has 2 N–H and O–H groups in total. The molecular formula is C8H14O4S. The molecule has 0 aromatic carbocycles. The zero-order valence-electron chi connectivity index (χ0n) is 7.74. The van der Waals surface area contributed by atoms with Gasteiger partial charge in [0.1, 0.15) is 0 Å². The van der Waals surface area contributed by atoms with Gasteiger partial charge in [-0.15, -0.1) is 0 Å². The second-order valence-electron chi connectivity index (χ2n) is 2.79. The van der Waals surface area contributed by atoms with Crippen LogP contribution in [0.15, 0.2) is 0 Å². The molecule has 0 saturated carbocycles. The van der Waals surface area contributed by atoms with E-state index >= 15 is 0 Å². The lowest BCUT2D eigenvalue weighted by atomic mass is 9.82. The molecule has 0 atom stereocenters. The van der Waals surface area contributed by atoms with Crippen molar-refractivity contribution in [3.63, 3.8) is 0 Å². The van der Waals surface area contributed by atoms with Crippen LogP contribution in [0, 0.1) is 5.41 Å². The molecule has 4 nitrogen and oxygen atoms in total. The van der Waals surface area contributed by atoms with Gasteiger partial charge < -0.3 is 10.2 Å². The quantitative estimate of drug-likeness (QED) is 0.641. The Balaban J connectivity index is 4.66. The first kappa shape index (κ1) is 12.3. The average molecular weight is 206 g/mol. The normalized spacial score (nSPS) is 11.2. The van der Waals surface area contributed by atoms with Crippen molar-refractivity contribution < 1.29 is 19.8 Å². The minimum atomic E-state index is -1.59. The summed E-state index contributed by atoms with van der Waals surface area (Å²) >= 11 is 1.45. The highest BCUT2D eigenvalue weighted by atomic mass is 32.2. The van der Waals surface area contributed by atoms with Crippen LogP contribution in [-0.4, -0.2) is 34.2 Å². The summed E-state index contributed by atoms with van der Waals surface area (Å²) in [5, 5.41) is 17.7. The van der Waals surface area contributed by atoms with Crippen molar-refractivity contribution in [2.24, 2.45) is 5.41 Å². The van der Waals surface area contributed by atoms with Crippen LogP contribution in [0.25, 0.3) is 0 Å². The Kier molecular flexibility index (Phi) is 4.83. The van der Waals surface area contributed by atoms with Gasteiger partial charge in [-0.25, -0.2) is 0 Å². The Morgan fingerprint density at radius 1 is 1.31 bits per heavy atom. The first-order valence-electron chi connectivity index (χ1n) is 3.97. The molecule has 0 bridgehead atoms. The van der Waals surface area contributed by atoms with Crippen molar-refractivity contribution in [3.05, 3.63) is 0 Å². The van der Waals surface area contributed by atoms with Crippen LogP contribution >= 0.6 is 11.8 Å². The van der Waals surface area contributed by atoms with E-state index in [1.165, 1.54) is 11.8 Å². The topological polar surface area (TPSA) is 74.6 Å². The maximum Gasteiger partial charge on any atom is 0.321 e. The highest BCUT2D eigenvalue weighted by Crippen LogP contribution is 2.28. The van der Waals surface area contributed by atoms with Gasteiger partial charge in [-0.2, -0.15) is 11.8 Å².